The number of hydrogen-bond donors (Lipinski definition) is 1. The number of nitrogens with zero attached hydrogens (tertiary/aromatic N) is 2. The standard InChI is InChI=1S/C24H25N3O6/c28-22(26-10-12-27(13-11-26)24(30)25-19-4-2-1-3-5-19)17-33-23(29)9-7-18-6-8-20-21(16-18)32-15-14-31-20/h1-9,16H,10-15,17H2,(H,25,30)/b9-7+. The van der Waals surface area contributed by atoms with E-state index in [1.807, 2.05) is 30.3 Å². The maximum Gasteiger partial charge on any atom is 0.331 e. The molecule has 2 aromatic carbocycles. The van der Waals surface area contributed by atoms with Crippen molar-refractivity contribution in [3.8, 4) is 11.5 Å². The summed E-state index contributed by atoms with van der Waals surface area (Å²) >= 11 is 0. The van der Waals surface area contributed by atoms with Gasteiger partial charge in [-0.25, -0.2) is 9.59 Å². The van der Waals surface area contributed by atoms with Gasteiger partial charge in [0.25, 0.3) is 5.91 Å². The van der Waals surface area contributed by atoms with Crippen LogP contribution in [0.4, 0.5) is 10.5 Å². The Morgan fingerprint density at radius 2 is 1.61 bits per heavy atom. The molecule has 4 rings (SSSR count). The summed E-state index contributed by atoms with van der Waals surface area (Å²) in [6, 6.07) is 14.3. The topological polar surface area (TPSA) is 97.4 Å². The second-order valence-corrected chi connectivity index (χ2v) is 7.51. The van der Waals surface area contributed by atoms with Crippen molar-refractivity contribution in [1.29, 1.82) is 0 Å². The molecule has 0 atom stereocenters. The summed E-state index contributed by atoms with van der Waals surface area (Å²) in [6.45, 7) is 2.22. The van der Waals surface area contributed by atoms with Crippen LogP contribution >= 0.6 is 0 Å². The smallest absolute Gasteiger partial charge is 0.331 e. The third-order valence-corrected chi connectivity index (χ3v) is 5.26. The van der Waals surface area contributed by atoms with Crippen molar-refractivity contribution in [3.63, 3.8) is 0 Å². The molecular weight excluding hydrogens is 426 g/mol. The number of piperazine rings is 1. The fraction of sp³-hybridized carbons (Fsp3) is 0.292. The van der Waals surface area contributed by atoms with Gasteiger partial charge in [0.15, 0.2) is 18.1 Å². The molecule has 0 unspecified atom stereocenters. The zero-order valence-corrected chi connectivity index (χ0v) is 18.1. The molecule has 0 aromatic heterocycles. The third kappa shape index (κ3) is 6.03. The lowest BCUT2D eigenvalue weighted by Gasteiger charge is -2.34. The number of carbonyl (C=O) groups excluding carboxylic acids is 3. The van der Waals surface area contributed by atoms with E-state index in [1.165, 1.54) is 6.08 Å². The summed E-state index contributed by atoms with van der Waals surface area (Å²) in [5.74, 6) is 0.395. The molecule has 2 heterocycles. The summed E-state index contributed by atoms with van der Waals surface area (Å²) in [6.07, 6.45) is 2.86. The number of ether oxygens (including phenoxy) is 3. The molecule has 9 nitrogen and oxygen atoms in total. The SMILES string of the molecule is O=C(/C=C/c1ccc2c(c1)OCCO2)OCC(=O)N1CCN(C(=O)Nc2ccccc2)CC1. The molecule has 0 spiro atoms. The van der Waals surface area contributed by atoms with Crippen molar-refractivity contribution >= 4 is 29.7 Å². The highest BCUT2D eigenvalue weighted by atomic mass is 16.6. The van der Waals surface area contributed by atoms with Crippen molar-refractivity contribution < 1.29 is 28.6 Å². The van der Waals surface area contributed by atoms with E-state index in [2.05, 4.69) is 5.32 Å². The first kappa shape index (κ1) is 22.2. The van der Waals surface area contributed by atoms with E-state index in [0.29, 0.717) is 50.9 Å². The molecule has 0 aliphatic carbocycles. The molecule has 2 aliphatic heterocycles. The normalized spacial score (nSPS) is 15.3. The Labute approximate surface area is 191 Å². The third-order valence-electron chi connectivity index (χ3n) is 5.26. The first-order valence-electron chi connectivity index (χ1n) is 10.7. The van der Waals surface area contributed by atoms with E-state index in [4.69, 9.17) is 14.2 Å². The number of urea groups is 1. The monoisotopic (exact) mass is 451 g/mol. The number of esters is 1. The van der Waals surface area contributed by atoms with Crippen molar-refractivity contribution in [3.05, 3.63) is 60.2 Å². The minimum atomic E-state index is -0.612. The van der Waals surface area contributed by atoms with Crippen molar-refractivity contribution in [2.75, 3.05) is 51.3 Å². The molecule has 2 aromatic rings. The second kappa shape index (κ2) is 10.5. The van der Waals surface area contributed by atoms with Gasteiger partial charge in [-0.2, -0.15) is 0 Å². The number of para-hydroxylation sites is 1. The zero-order chi connectivity index (χ0) is 23.0. The number of hydrogen-bond acceptors (Lipinski definition) is 6. The Balaban J connectivity index is 1.19. The lowest BCUT2D eigenvalue weighted by Crippen LogP contribution is -2.52. The number of benzene rings is 2. The van der Waals surface area contributed by atoms with Gasteiger partial charge in [-0.1, -0.05) is 24.3 Å². The van der Waals surface area contributed by atoms with Crippen LogP contribution < -0.4 is 14.8 Å². The van der Waals surface area contributed by atoms with Crippen LogP contribution in [0.25, 0.3) is 6.08 Å². The minimum absolute atomic E-state index is 0.205. The first-order valence-corrected chi connectivity index (χ1v) is 10.7. The maximum absolute atomic E-state index is 12.4. The number of rotatable bonds is 5. The number of anilines is 1. The van der Waals surface area contributed by atoms with E-state index in [0.717, 1.165) is 11.3 Å². The summed E-state index contributed by atoms with van der Waals surface area (Å²) in [7, 11) is 0. The molecule has 1 saturated heterocycles. The molecule has 3 amide bonds. The van der Waals surface area contributed by atoms with Gasteiger partial charge in [-0.05, 0) is 35.9 Å². The molecule has 172 valence electrons. The maximum atomic E-state index is 12.4. The van der Waals surface area contributed by atoms with Crippen LogP contribution in [0, 0.1) is 0 Å². The molecular formula is C24H25N3O6. The minimum Gasteiger partial charge on any atom is -0.486 e. The molecule has 1 fully saturated rings. The first-order chi connectivity index (χ1) is 16.1. The van der Waals surface area contributed by atoms with E-state index < -0.39 is 5.97 Å². The predicted molar refractivity (Wildman–Crippen MR) is 121 cm³/mol. The second-order valence-electron chi connectivity index (χ2n) is 7.51. The highest BCUT2D eigenvalue weighted by molar-refractivity contribution is 5.90. The average molecular weight is 451 g/mol. The van der Waals surface area contributed by atoms with Crippen LogP contribution in [0.5, 0.6) is 11.5 Å². The van der Waals surface area contributed by atoms with Crippen LogP contribution in [0.15, 0.2) is 54.6 Å². The van der Waals surface area contributed by atoms with E-state index in [9.17, 15) is 14.4 Å². The van der Waals surface area contributed by atoms with Gasteiger partial charge < -0.3 is 29.3 Å². The molecule has 1 N–H and O–H groups in total. The van der Waals surface area contributed by atoms with E-state index in [1.54, 1.807) is 34.1 Å². The lowest BCUT2D eigenvalue weighted by molar-refractivity contribution is -0.148. The molecule has 9 heteroatoms. The van der Waals surface area contributed by atoms with E-state index in [-0.39, 0.29) is 18.5 Å². The Hall–Kier alpha value is -4.01. The molecule has 0 saturated carbocycles. The summed E-state index contributed by atoms with van der Waals surface area (Å²) < 4.78 is 16.1. The number of carbonyl (C=O) groups is 3. The zero-order valence-electron chi connectivity index (χ0n) is 18.1. The van der Waals surface area contributed by atoms with Gasteiger partial charge in [0, 0.05) is 37.9 Å². The summed E-state index contributed by atoms with van der Waals surface area (Å²) in [4.78, 5) is 40.0. The van der Waals surface area contributed by atoms with E-state index >= 15 is 0 Å². The highest BCUT2D eigenvalue weighted by Crippen LogP contribution is 2.31. The van der Waals surface area contributed by atoms with Gasteiger partial charge in [-0.15, -0.1) is 0 Å². The number of amides is 3. The summed E-state index contributed by atoms with van der Waals surface area (Å²) in [5.41, 5.74) is 1.48. The molecule has 0 bridgehead atoms. The molecule has 2 aliphatic rings. The van der Waals surface area contributed by atoms with Crippen molar-refractivity contribution in [2.24, 2.45) is 0 Å². The number of fused-ring (bicyclic) bond motifs is 1. The Bertz CT molecular complexity index is 1030. The van der Waals surface area contributed by atoms with Crippen LogP contribution in [-0.2, 0) is 14.3 Å². The van der Waals surface area contributed by atoms with Gasteiger partial charge >= 0.3 is 12.0 Å². The van der Waals surface area contributed by atoms with Gasteiger partial charge in [0.05, 0.1) is 0 Å². The summed E-state index contributed by atoms with van der Waals surface area (Å²) in [5, 5.41) is 2.83. The average Bonchev–Trinajstić information content (AvgIpc) is 2.86. The van der Waals surface area contributed by atoms with Crippen molar-refractivity contribution in [1.82, 2.24) is 9.80 Å². The Morgan fingerprint density at radius 3 is 2.36 bits per heavy atom. The van der Waals surface area contributed by atoms with Gasteiger partial charge in [0.2, 0.25) is 0 Å². The van der Waals surface area contributed by atoms with Crippen LogP contribution in [-0.4, -0.2) is 73.7 Å². The molecule has 33 heavy (non-hydrogen) atoms. The van der Waals surface area contributed by atoms with Crippen LogP contribution in [0.3, 0.4) is 0 Å². The lowest BCUT2D eigenvalue weighted by atomic mass is 10.2. The fourth-order valence-corrected chi connectivity index (χ4v) is 3.48. The quantitative estimate of drug-likeness (QED) is 0.554. The van der Waals surface area contributed by atoms with Crippen LogP contribution in [0.2, 0.25) is 0 Å². The molecule has 0 radical (unpaired) electrons. The van der Waals surface area contributed by atoms with Gasteiger partial charge in [0.1, 0.15) is 13.2 Å². The van der Waals surface area contributed by atoms with Crippen LogP contribution in [0.1, 0.15) is 5.56 Å². The Kier molecular flexibility index (Phi) is 7.09. The Morgan fingerprint density at radius 1 is 0.909 bits per heavy atom. The predicted octanol–water partition coefficient (Wildman–Crippen LogP) is 2.39. The van der Waals surface area contributed by atoms with Gasteiger partial charge in [-0.3, -0.25) is 4.79 Å². The van der Waals surface area contributed by atoms with Crippen molar-refractivity contribution in [2.45, 2.75) is 0 Å². The fourth-order valence-electron chi connectivity index (χ4n) is 3.48. The highest BCUT2D eigenvalue weighted by Gasteiger charge is 2.24. The largest absolute Gasteiger partial charge is 0.486 e. The number of nitrogens with one attached hydrogen (secondary N) is 1.